The minimum Gasteiger partial charge on any atom is -0.340 e. The quantitative estimate of drug-likeness (QED) is 0.315. The maximum atomic E-state index is 13.1. The van der Waals surface area contributed by atoms with Crippen molar-refractivity contribution in [1.29, 1.82) is 0 Å². The molecule has 0 atom stereocenters. The fraction of sp³-hybridized carbons (Fsp3) is 0.160. The lowest BCUT2D eigenvalue weighted by Gasteiger charge is -2.34. The summed E-state index contributed by atoms with van der Waals surface area (Å²) in [6, 6.07) is 14.8. The number of pyridine rings is 1. The molecule has 5 heterocycles. The number of hydrogen-bond acceptors (Lipinski definition) is 6. The summed E-state index contributed by atoms with van der Waals surface area (Å²) in [5.41, 5.74) is 3.34. The summed E-state index contributed by atoms with van der Waals surface area (Å²) in [6.07, 6.45) is 3.18. The number of rotatable bonds is 4. The molecule has 0 unspecified atom stereocenters. The molecular formula is C25H21BrN8O2. The molecule has 0 aliphatic carbocycles. The van der Waals surface area contributed by atoms with Crippen LogP contribution in [0.2, 0.25) is 0 Å². The van der Waals surface area contributed by atoms with Crippen LogP contribution in [0.5, 0.6) is 0 Å². The molecule has 6 rings (SSSR count). The molecule has 4 aromatic heterocycles. The molecule has 11 heteroatoms. The Morgan fingerprint density at radius 3 is 2.36 bits per heavy atom. The topological polar surface area (TPSA) is 123 Å². The first kappa shape index (κ1) is 22.2. The molecule has 2 amide bonds. The summed E-state index contributed by atoms with van der Waals surface area (Å²) in [6.45, 7) is 1.90. The molecule has 0 spiro atoms. The number of amides is 2. The first-order valence-corrected chi connectivity index (χ1v) is 12.2. The van der Waals surface area contributed by atoms with Crippen LogP contribution in [-0.2, 0) is 0 Å². The van der Waals surface area contributed by atoms with Gasteiger partial charge < -0.3 is 25.1 Å². The number of nitrogens with one attached hydrogen (secondary N) is 3. The maximum Gasteiger partial charge on any atom is 0.270 e. The van der Waals surface area contributed by atoms with Crippen molar-refractivity contribution in [3.63, 3.8) is 0 Å². The molecule has 0 saturated carbocycles. The second kappa shape index (κ2) is 9.08. The van der Waals surface area contributed by atoms with E-state index in [1.54, 1.807) is 28.1 Å². The van der Waals surface area contributed by atoms with Gasteiger partial charge in [-0.3, -0.25) is 9.59 Å². The van der Waals surface area contributed by atoms with E-state index in [1.807, 2.05) is 36.4 Å². The maximum absolute atomic E-state index is 13.1. The van der Waals surface area contributed by atoms with Gasteiger partial charge in [-0.2, -0.15) is 0 Å². The van der Waals surface area contributed by atoms with Crippen molar-refractivity contribution < 1.29 is 9.59 Å². The Balaban J connectivity index is 1.09. The zero-order valence-corrected chi connectivity index (χ0v) is 20.6. The van der Waals surface area contributed by atoms with E-state index in [1.165, 1.54) is 6.33 Å². The number of H-pyrrole nitrogens is 2. The molecule has 5 aromatic rings. The van der Waals surface area contributed by atoms with Crippen molar-refractivity contribution in [2.75, 3.05) is 31.5 Å². The van der Waals surface area contributed by atoms with Gasteiger partial charge in [0.05, 0.1) is 9.99 Å². The van der Waals surface area contributed by atoms with Crippen molar-refractivity contribution in [3.8, 4) is 0 Å². The summed E-state index contributed by atoms with van der Waals surface area (Å²) in [7, 11) is 0. The highest BCUT2D eigenvalue weighted by Crippen LogP contribution is 2.26. The number of carbonyl (C=O) groups excluding carboxylic acids is 2. The van der Waals surface area contributed by atoms with Crippen molar-refractivity contribution in [2.24, 2.45) is 0 Å². The Kier molecular flexibility index (Phi) is 5.61. The Bertz CT molecular complexity index is 1550. The van der Waals surface area contributed by atoms with Crippen molar-refractivity contribution in [1.82, 2.24) is 34.7 Å². The number of fused-ring (bicyclic) bond motifs is 2. The number of benzene rings is 1. The zero-order valence-electron chi connectivity index (χ0n) is 19.0. The molecule has 3 N–H and O–H groups in total. The van der Waals surface area contributed by atoms with Gasteiger partial charge >= 0.3 is 0 Å². The number of anilines is 2. The largest absolute Gasteiger partial charge is 0.340 e. The Morgan fingerprint density at radius 1 is 0.861 bits per heavy atom. The SMILES string of the molecule is O=C(c1ccc(Nc2ncnc3[nH]c(Br)cc23)cc1)N1CCN(C(=O)c2cc3cccnc3[nH]2)CC1. The molecule has 1 aliphatic rings. The summed E-state index contributed by atoms with van der Waals surface area (Å²) in [5, 5.41) is 5.04. The molecule has 1 fully saturated rings. The molecule has 10 nitrogen and oxygen atoms in total. The fourth-order valence-electron chi connectivity index (χ4n) is 4.38. The van der Waals surface area contributed by atoms with Crippen LogP contribution in [0.25, 0.3) is 22.1 Å². The summed E-state index contributed by atoms with van der Waals surface area (Å²) >= 11 is 3.42. The highest BCUT2D eigenvalue weighted by molar-refractivity contribution is 9.10. The molecule has 1 aliphatic heterocycles. The summed E-state index contributed by atoms with van der Waals surface area (Å²) in [4.78, 5) is 48.5. The van der Waals surface area contributed by atoms with E-state index in [2.05, 4.69) is 46.2 Å². The number of aromatic amines is 2. The molecule has 36 heavy (non-hydrogen) atoms. The van der Waals surface area contributed by atoms with Crippen molar-refractivity contribution >= 4 is 61.3 Å². The second-order valence-electron chi connectivity index (χ2n) is 8.51. The summed E-state index contributed by atoms with van der Waals surface area (Å²) in [5.74, 6) is 0.541. The van der Waals surface area contributed by atoms with Gasteiger partial charge in [-0.1, -0.05) is 0 Å². The minimum atomic E-state index is -0.0798. The third-order valence-corrected chi connectivity index (χ3v) is 6.69. The first-order chi connectivity index (χ1) is 17.5. The Morgan fingerprint density at radius 2 is 1.61 bits per heavy atom. The van der Waals surface area contributed by atoms with E-state index in [9.17, 15) is 9.59 Å². The van der Waals surface area contributed by atoms with Crippen LogP contribution in [0.1, 0.15) is 20.8 Å². The van der Waals surface area contributed by atoms with E-state index in [0.29, 0.717) is 48.9 Å². The van der Waals surface area contributed by atoms with Crippen LogP contribution in [0, 0.1) is 0 Å². The van der Waals surface area contributed by atoms with E-state index in [-0.39, 0.29) is 11.8 Å². The lowest BCUT2D eigenvalue weighted by molar-refractivity contribution is 0.0533. The minimum absolute atomic E-state index is 0.0533. The lowest BCUT2D eigenvalue weighted by Crippen LogP contribution is -2.50. The molecule has 1 saturated heterocycles. The van der Waals surface area contributed by atoms with Crippen LogP contribution in [0.15, 0.2) is 65.7 Å². The number of nitrogens with zero attached hydrogens (tertiary/aromatic N) is 5. The predicted octanol–water partition coefficient (Wildman–Crippen LogP) is 3.94. The third kappa shape index (κ3) is 4.17. The smallest absolute Gasteiger partial charge is 0.270 e. The number of carbonyl (C=O) groups is 2. The standard InChI is InChI=1S/C25H21BrN8O2/c26-20-13-18-22(28-14-29-23(18)32-20)30-17-5-3-15(4-6-17)24(35)33-8-10-34(11-9-33)25(36)19-12-16-2-1-7-27-21(16)31-19/h1-7,12-14H,8-11H2,(H,27,31)(H2,28,29,30,32). The van der Waals surface area contributed by atoms with Gasteiger partial charge in [0.1, 0.15) is 29.1 Å². The number of halogens is 1. The van der Waals surface area contributed by atoms with Gasteiger partial charge in [0.15, 0.2) is 0 Å². The van der Waals surface area contributed by atoms with Crippen LogP contribution in [0.3, 0.4) is 0 Å². The molecule has 1 aromatic carbocycles. The first-order valence-electron chi connectivity index (χ1n) is 11.4. The summed E-state index contributed by atoms with van der Waals surface area (Å²) < 4.78 is 0.821. The van der Waals surface area contributed by atoms with Crippen LogP contribution in [-0.4, -0.2) is 72.7 Å². The lowest BCUT2D eigenvalue weighted by atomic mass is 10.1. The van der Waals surface area contributed by atoms with Crippen molar-refractivity contribution in [2.45, 2.75) is 0 Å². The highest BCUT2D eigenvalue weighted by Gasteiger charge is 2.26. The monoisotopic (exact) mass is 544 g/mol. The van der Waals surface area contributed by atoms with E-state index >= 15 is 0 Å². The zero-order chi connectivity index (χ0) is 24.6. The highest BCUT2D eigenvalue weighted by atomic mass is 79.9. The molecular weight excluding hydrogens is 524 g/mol. The van der Waals surface area contributed by atoms with Gasteiger partial charge in [0, 0.05) is 49.0 Å². The van der Waals surface area contributed by atoms with Crippen molar-refractivity contribution in [3.05, 3.63) is 76.9 Å². The van der Waals surface area contributed by atoms with Crippen LogP contribution in [0.4, 0.5) is 11.5 Å². The number of piperazine rings is 1. The van der Waals surface area contributed by atoms with E-state index < -0.39 is 0 Å². The average Bonchev–Trinajstić information content (AvgIpc) is 3.52. The van der Waals surface area contributed by atoms with Gasteiger partial charge in [-0.05, 0) is 64.5 Å². The average molecular weight is 545 g/mol. The molecule has 180 valence electrons. The third-order valence-electron chi connectivity index (χ3n) is 6.26. The number of hydrogen-bond donors (Lipinski definition) is 3. The van der Waals surface area contributed by atoms with E-state index in [0.717, 1.165) is 26.7 Å². The van der Waals surface area contributed by atoms with Gasteiger partial charge in [-0.15, -0.1) is 0 Å². The van der Waals surface area contributed by atoms with Crippen LogP contribution < -0.4 is 5.32 Å². The van der Waals surface area contributed by atoms with Gasteiger partial charge in [0.2, 0.25) is 0 Å². The molecule has 0 radical (unpaired) electrons. The second-order valence-corrected chi connectivity index (χ2v) is 9.37. The Labute approximate surface area is 213 Å². The number of aromatic nitrogens is 5. The fourth-order valence-corrected chi connectivity index (χ4v) is 4.80. The van der Waals surface area contributed by atoms with E-state index in [4.69, 9.17) is 0 Å². The normalized spacial score (nSPS) is 13.9. The predicted molar refractivity (Wildman–Crippen MR) is 139 cm³/mol. The Hall–Kier alpha value is -4.25. The molecule has 0 bridgehead atoms. The van der Waals surface area contributed by atoms with Crippen LogP contribution >= 0.6 is 15.9 Å². The van der Waals surface area contributed by atoms with Gasteiger partial charge in [-0.25, -0.2) is 15.0 Å². The van der Waals surface area contributed by atoms with Gasteiger partial charge in [0.25, 0.3) is 11.8 Å².